The fourth-order valence-corrected chi connectivity index (χ4v) is 4.90. The predicted molar refractivity (Wildman–Crippen MR) is 134 cm³/mol. The third kappa shape index (κ3) is 5.58. The van der Waals surface area contributed by atoms with E-state index in [0.717, 1.165) is 24.0 Å². The van der Waals surface area contributed by atoms with Crippen LogP contribution in [0.1, 0.15) is 22.3 Å². The number of benzene rings is 3. The lowest BCUT2D eigenvalue weighted by Gasteiger charge is -2.12. The van der Waals surface area contributed by atoms with Gasteiger partial charge in [0.05, 0.1) is 23.7 Å². The third-order valence-electron chi connectivity index (χ3n) is 4.32. The molecule has 0 bridgehead atoms. The SMILES string of the molecule is Cc1ccc(COc2c(I)cc(/C=C(/C#N)c3cccc([N+](=O)[O-])c3)cc2I)cc1. The number of allylic oxidation sites excluding steroid dienone is 1. The fraction of sp³-hybridized carbons (Fsp3) is 0.0870. The van der Waals surface area contributed by atoms with Gasteiger partial charge >= 0.3 is 0 Å². The number of nitriles is 1. The molecule has 0 unspecified atom stereocenters. The van der Waals surface area contributed by atoms with Gasteiger partial charge in [0.15, 0.2) is 0 Å². The maximum absolute atomic E-state index is 11.0. The number of hydrogen-bond donors (Lipinski definition) is 0. The molecule has 5 nitrogen and oxygen atoms in total. The summed E-state index contributed by atoms with van der Waals surface area (Å²) in [7, 11) is 0. The van der Waals surface area contributed by atoms with Crippen molar-refractivity contribution in [3.05, 3.63) is 100 Å². The number of nitro benzene ring substituents is 1. The van der Waals surface area contributed by atoms with Gasteiger partial charge < -0.3 is 4.74 Å². The number of halogens is 2. The summed E-state index contributed by atoms with van der Waals surface area (Å²) in [6, 6.07) is 20.3. The highest BCUT2D eigenvalue weighted by molar-refractivity contribution is 14.1. The Balaban J connectivity index is 1.86. The van der Waals surface area contributed by atoms with E-state index in [1.807, 2.05) is 31.2 Å². The molecule has 0 atom stereocenters. The highest BCUT2D eigenvalue weighted by atomic mass is 127. The molecule has 0 N–H and O–H groups in total. The Morgan fingerprint density at radius 2 is 1.80 bits per heavy atom. The lowest BCUT2D eigenvalue weighted by molar-refractivity contribution is -0.384. The first-order valence-electron chi connectivity index (χ1n) is 8.91. The Kier molecular flexibility index (Phi) is 7.44. The molecule has 0 aliphatic rings. The Morgan fingerprint density at radius 1 is 1.13 bits per heavy atom. The molecule has 0 aliphatic carbocycles. The summed E-state index contributed by atoms with van der Waals surface area (Å²) < 4.78 is 7.88. The van der Waals surface area contributed by atoms with Gasteiger partial charge in [0, 0.05) is 12.1 Å². The van der Waals surface area contributed by atoms with Crippen molar-refractivity contribution in [3.63, 3.8) is 0 Å². The van der Waals surface area contributed by atoms with E-state index >= 15 is 0 Å². The Bertz CT molecular complexity index is 1140. The second-order valence-corrected chi connectivity index (χ2v) is 8.89. The Labute approximate surface area is 201 Å². The van der Waals surface area contributed by atoms with Crippen molar-refractivity contribution in [1.82, 2.24) is 0 Å². The number of nitro groups is 1. The van der Waals surface area contributed by atoms with Crippen LogP contribution in [-0.2, 0) is 6.61 Å². The van der Waals surface area contributed by atoms with Crippen LogP contribution >= 0.6 is 45.2 Å². The van der Waals surface area contributed by atoms with Gasteiger partial charge in [0.25, 0.3) is 5.69 Å². The molecule has 0 radical (unpaired) electrons. The summed E-state index contributed by atoms with van der Waals surface area (Å²) in [5, 5.41) is 20.6. The molecular formula is C23H16I2N2O3. The van der Waals surface area contributed by atoms with Gasteiger partial charge in [-0.15, -0.1) is 0 Å². The quantitative estimate of drug-likeness (QED) is 0.100. The summed E-state index contributed by atoms with van der Waals surface area (Å²) >= 11 is 4.43. The van der Waals surface area contributed by atoms with Crippen LogP contribution in [0.5, 0.6) is 5.75 Å². The van der Waals surface area contributed by atoms with E-state index < -0.39 is 4.92 Å². The molecule has 0 aromatic heterocycles. The lowest BCUT2D eigenvalue weighted by atomic mass is 10.0. The van der Waals surface area contributed by atoms with E-state index in [9.17, 15) is 15.4 Å². The van der Waals surface area contributed by atoms with E-state index in [0.29, 0.717) is 17.7 Å². The van der Waals surface area contributed by atoms with Crippen molar-refractivity contribution >= 4 is 62.5 Å². The highest BCUT2D eigenvalue weighted by Crippen LogP contribution is 2.31. The molecule has 3 aromatic rings. The van der Waals surface area contributed by atoms with E-state index in [-0.39, 0.29) is 5.69 Å². The normalized spacial score (nSPS) is 11.1. The average molecular weight is 622 g/mol. The lowest BCUT2D eigenvalue weighted by Crippen LogP contribution is -1.99. The summed E-state index contributed by atoms with van der Waals surface area (Å²) in [5.41, 5.74) is 3.95. The minimum Gasteiger partial charge on any atom is -0.487 e. The van der Waals surface area contributed by atoms with Crippen molar-refractivity contribution in [1.29, 1.82) is 5.26 Å². The topological polar surface area (TPSA) is 76.2 Å². The zero-order valence-corrected chi connectivity index (χ0v) is 20.2. The number of rotatable bonds is 6. The number of nitrogens with zero attached hydrogens (tertiary/aromatic N) is 2. The van der Waals surface area contributed by atoms with Crippen LogP contribution in [0.3, 0.4) is 0 Å². The van der Waals surface area contributed by atoms with Crippen LogP contribution in [0, 0.1) is 35.5 Å². The summed E-state index contributed by atoms with van der Waals surface area (Å²) in [4.78, 5) is 10.5. The molecule has 3 aromatic carbocycles. The molecule has 7 heteroatoms. The second kappa shape index (κ2) is 10.0. The number of non-ortho nitro benzene ring substituents is 1. The molecule has 0 heterocycles. The van der Waals surface area contributed by atoms with Crippen molar-refractivity contribution in [2.75, 3.05) is 0 Å². The molecule has 0 aliphatic heterocycles. The maximum Gasteiger partial charge on any atom is 0.270 e. The molecule has 3 rings (SSSR count). The molecular weight excluding hydrogens is 606 g/mol. The van der Waals surface area contributed by atoms with E-state index in [1.165, 1.54) is 17.7 Å². The zero-order valence-electron chi connectivity index (χ0n) is 15.9. The molecule has 30 heavy (non-hydrogen) atoms. The van der Waals surface area contributed by atoms with Crippen molar-refractivity contribution < 1.29 is 9.66 Å². The summed E-state index contributed by atoms with van der Waals surface area (Å²) in [6.07, 6.45) is 1.73. The molecule has 0 saturated heterocycles. The van der Waals surface area contributed by atoms with Crippen LogP contribution in [0.15, 0.2) is 60.7 Å². The average Bonchev–Trinajstić information content (AvgIpc) is 2.72. The Morgan fingerprint density at radius 3 is 2.40 bits per heavy atom. The summed E-state index contributed by atoms with van der Waals surface area (Å²) in [6.45, 7) is 2.52. The van der Waals surface area contributed by atoms with Crippen LogP contribution < -0.4 is 4.74 Å². The second-order valence-electron chi connectivity index (χ2n) is 6.57. The first-order chi connectivity index (χ1) is 14.4. The molecule has 0 fully saturated rings. The highest BCUT2D eigenvalue weighted by Gasteiger charge is 2.12. The monoisotopic (exact) mass is 622 g/mol. The van der Waals surface area contributed by atoms with Crippen molar-refractivity contribution in [2.45, 2.75) is 13.5 Å². The third-order valence-corrected chi connectivity index (χ3v) is 5.93. The molecule has 150 valence electrons. The smallest absolute Gasteiger partial charge is 0.270 e. The predicted octanol–water partition coefficient (Wildman–Crippen LogP) is 6.76. The molecule has 0 spiro atoms. The largest absolute Gasteiger partial charge is 0.487 e. The van der Waals surface area contributed by atoms with Crippen LogP contribution in [-0.4, -0.2) is 4.92 Å². The first-order valence-corrected chi connectivity index (χ1v) is 11.1. The maximum atomic E-state index is 11.0. The van der Waals surface area contributed by atoms with Gasteiger partial charge in [-0.3, -0.25) is 10.1 Å². The standard InChI is InChI=1S/C23H16I2N2O3/c1-15-5-7-16(8-6-15)14-30-23-21(24)10-17(11-22(23)25)9-19(13-26)18-3-2-4-20(12-18)27(28)29/h2-12H,14H2,1H3/b19-9-. The molecule has 0 saturated carbocycles. The first kappa shape index (κ1) is 22.2. The van der Waals surface area contributed by atoms with Crippen LogP contribution in [0.25, 0.3) is 11.6 Å². The van der Waals surface area contributed by atoms with Gasteiger partial charge in [-0.25, -0.2) is 0 Å². The number of aryl methyl sites for hydroxylation is 1. The minimum absolute atomic E-state index is 0.0438. The van der Waals surface area contributed by atoms with E-state index in [2.05, 4.69) is 63.4 Å². The van der Waals surface area contributed by atoms with Gasteiger partial charge in [0.1, 0.15) is 12.4 Å². The van der Waals surface area contributed by atoms with Crippen molar-refractivity contribution in [2.24, 2.45) is 0 Å². The van der Waals surface area contributed by atoms with Gasteiger partial charge in [-0.05, 0) is 87.0 Å². The minimum atomic E-state index is -0.468. The molecule has 0 amide bonds. The zero-order chi connectivity index (χ0) is 21.7. The van der Waals surface area contributed by atoms with E-state index in [4.69, 9.17) is 4.74 Å². The van der Waals surface area contributed by atoms with Gasteiger partial charge in [0.2, 0.25) is 0 Å². The van der Waals surface area contributed by atoms with Crippen LogP contribution in [0.2, 0.25) is 0 Å². The van der Waals surface area contributed by atoms with Crippen molar-refractivity contribution in [3.8, 4) is 11.8 Å². The number of ether oxygens (including phenoxy) is 1. The Hall–Kier alpha value is -2.45. The van der Waals surface area contributed by atoms with Gasteiger partial charge in [-0.1, -0.05) is 42.0 Å². The fourth-order valence-electron chi connectivity index (χ4n) is 2.77. The van der Waals surface area contributed by atoms with Crippen LogP contribution in [0.4, 0.5) is 5.69 Å². The number of hydrogen-bond acceptors (Lipinski definition) is 4. The summed E-state index contributed by atoms with van der Waals surface area (Å²) in [5.74, 6) is 0.794. The van der Waals surface area contributed by atoms with E-state index in [1.54, 1.807) is 18.2 Å². The van der Waals surface area contributed by atoms with Gasteiger partial charge in [-0.2, -0.15) is 5.26 Å².